The number of carbonyl (C=O) groups is 2. The average molecular weight is 689 g/mol. The van der Waals surface area contributed by atoms with Gasteiger partial charge >= 0.3 is 0 Å². The van der Waals surface area contributed by atoms with Crippen molar-refractivity contribution in [2.75, 3.05) is 32.1 Å². The number of hydrogen-bond acceptors (Lipinski definition) is 6. The van der Waals surface area contributed by atoms with Crippen molar-refractivity contribution in [1.82, 2.24) is 10.2 Å². The SMILES string of the molecule is CNC(=O)[C@H](Cc1ccccc1)N(Cc1ccc(Cl)c(Cl)c1)C(=O)CN(c1ccc(F)cc1)S(=O)(=O)c1ccc(OC)c(OC)c1. The van der Waals surface area contributed by atoms with Crippen LogP contribution in [0, 0.1) is 5.82 Å². The summed E-state index contributed by atoms with van der Waals surface area (Å²) in [4.78, 5) is 28.8. The summed E-state index contributed by atoms with van der Waals surface area (Å²) in [5.41, 5.74) is 1.36. The zero-order chi connectivity index (χ0) is 33.4. The topological polar surface area (TPSA) is 105 Å². The highest BCUT2D eigenvalue weighted by Gasteiger charge is 2.34. The molecule has 4 aromatic rings. The summed E-state index contributed by atoms with van der Waals surface area (Å²) < 4.78 is 53.7. The first kappa shape index (κ1) is 34.6. The summed E-state index contributed by atoms with van der Waals surface area (Å²) in [7, 11) is -0.231. The van der Waals surface area contributed by atoms with Crippen molar-refractivity contribution in [2.45, 2.75) is 23.9 Å². The third kappa shape index (κ3) is 8.09. The maximum Gasteiger partial charge on any atom is 0.264 e. The van der Waals surface area contributed by atoms with Crippen LogP contribution < -0.4 is 19.1 Å². The normalized spacial score (nSPS) is 11.8. The fourth-order valence-electron chi connectivity index (χ4n) is 4.80. The van der Waals surface area contributed by atoms with E-state index < -0.39 is 40.2 Å². The predicted octanol–water partition coefficient (Wildman–Crippen LogP) is 5.73. The Bertz CT molecular complexity index is 1790. The van der Waals surface area contributed by atoms with Crippen LogP contribution in [0.2, 0.25) is 10.0 Å². The van der Waals surface area contributed by atoms with Crippen LogP contribution in [0.5, 0.6) is 11.5 Å². The minimum Gasteiger partial charge on any atom is -0.493 e. The highest BCUT2D eigenvalue weighted by atomic mass is 35.5. The molecule has 0 aliphatic heterocycles. The largest absolute Gasteiger partial charge is 0.493 e. The van der Waals surface area contributed by atoms with Gasteiger partial charge in [0.15, 0.2) is 11.5 Å². The second-order valence-corrected chi connectivity index (χ2v) is 12.8. The van der Waals surface area contributed by atoms with Crippen molar-refractivity contribution in [3.8, 4) is 11.5 Å². The van der Waals surface area contributed by atoms with Crippen LogP contribution in [-0.4, -0.2) is 59.0 Å². The molecule has 1 atom stereocenters. The van der Waals surface area contributed by atoms with Gasteiger partial charge < -0.3 is 19.7 Å². The first-order valence-electron chi connectivity index (χ1n) is 14.0. The number of likely N-dealkylation sites (N-methyl/N-ethyl adjacent to an activating group) is 1. The van der Waals surface area contributed by atoms with Gasteiger partial charge in [-0.15, -0.1) is 0 Å². The fraction of sp³-hybridized carbons (Fsp3) is 0.212. The maximum absolute atomic E-state index is 14.4. The van der Waals surface area contributed by atoms with E-state index in [0.717, 1.165) is 22.0 Å². The van der Waals surface area contributed by atoms with Crippen LogP contribution in [-0.2, 0) is 32.6 Å². The van der Waals surface area contributed by atoms with E-state index in [1.54, 1.807) is 18.2 Å². The number of halogens is 3. The molecule has 0 aliphatic carbocycles. The number of nitrogens with one attached hydrogen (secondary N) is 1. The predicted molar refractivity (Wildman–Crippen MR) is 175 cm³/mol. The van der Waals surface area contributed by atoms with Gasteiger partial charge in [0, 0.05) is 26.1 Å². The molecule has 0 aromatic heterocycles. The van der Waals surface area contributed by atoms with Crippen LogP contribution in [0.3, 0.4) is 0 Å². The molecule has 13 heteroatoms. The van der Waals surface area contributed by atoms with E-state index in [1.165, 1.54) is 56.5 Å². The second-order valence-electron chi connectivity index (χ2n) is 10.1. The third-order valence-electron chi connectivity index (χ3n) is 7.19. The molecule has 0 aliphatic rings. The van der Waals surface area contributed by atoms with E-state index in [4.69, 9.17) is 32.7 Å². The molecule has 2 amide bonds. The minimum atomic E-state index is -4.46. The summed E-state index contributed by atoms with van der Waals surface area (Å²) in [6.07, 6.45) is 0.132. The van der Waals surface area contributed by atoms with Crippen LogP contribution in [0.15, 0.2) is 95.9 Å². The number of hydrogen-bond donors (Lipinski definition) is 1. The maximum atomic E-state index is 14.4. The van der Waals surface area contributed by atoms with E-state index in [-0.39, 0.29) is 34.3 Å². The van der Waals surface area contributed by atoms with Crippen LogP contribution in [0.25, 0.3) is 0 Å². The van der Waals surface area contributed by atoms with Gasteiger partial charge in [-0.05, 0) is 59.7 Å². The van der Waals surface area contributed by atoms with Gasteiger partial charge in [-0.25, -0.2) is 12.8 Å². The van der Waals surface area contributed by atoms with Gasteiger partial charge in [0.25, 0.3) is 10.0 Å². The first-order chi connectivity index (χ1) is 22.0. The molecule has 0 fully saturated rings. The third-order valence-corrected chi connectivity index (χ3v) is 9.70. The molecule has 46 heavy (non-hydrogen) atoms. The molecule has 0 heterocycles. The minimum absolute atomic E-state index is 0.0265. The number of nitrogens with zero attached hydrogens (tertiary/aromatic N) is 2. The molecule has 9 nitrogen and oxygen atoms in total. The van der Waals surface area contributed by atoms with Gasteiger partial charge in [0.05, 0.1) is 34.8 Å². The number of benzene rings is 4. The van der Waals surface area contributed by atoms with E-state index in [0.29, 0.717) is 16.3 Å². The van der Waals surface area contributed by atoms with Crippen LogP contribution >= 0.6 is 23.2 Å². The first-order valence-corrected chi connectivity index (χ1v) is 16.2. The van der Waals surface area contributed by atoms with Crippen molar-refractivity contribution in [1.29, 1.82) is 0 Å². The lowest BCUT2D eigenvalue weighted by Crippen LogP contribution is -2.53. The van der Waals surface area contributed by atoms with Crippen LogP contribution in [0.1, 0.15) is 11.1 Å². The lowest BCUT2D eigenvalue weighted by molar-refractivity contribution is -0.139. The number of methoxy groups -OCH3 is 2. The molecule has 1 N–H and O–H groups in total. The second kappa shape index (κ2) is 15.3. The quantitative estimate of drug-likeness (QED) is 0.193. The highest BCUT2D eigenvalue weighted by Crippen LogP contribution is 2.33. The Morgan fingerprint density at radius 1 is 0.848 bits per heavy atom. The Kier molecular flexibility index (Phi) is 11.5. The monoisotopic (exact) mass is 687 g/mol. The van der Waals surface area contributed by atoms with Crippen molar-refractivity contribution >= 4 is 50.7 Å². The molecule has 4 aromatic carbocycles. The number of sulfonamides is 1. The number of carbonyl (C=O) groups excluding carboxylic acids is 2. The molecular formula is C33H32Cl2FN3O6S. The Labute approximate surface area is 277 Å². The van der Waals surface area contributed by atoms with Crippen molar-refractivity contribution < 1.29 is 31.9 Å². The van der Waals surface area contributed by atoms with E-state index in [2.05, 4.69) is 5.32 Å². The Morgan fingerprint density at radius 2 is 1.52 bits per heavy atom. The van der Waals surface area contributed by atoms with Gasteiger partial charge in [0.1, 0.15) is 18.4 Å². The summed E-state index contributed by atoms with van der Waals surface area (Å²) >= 11 is 12.4. The molecule has 242 valence electrons. The van der Waals surface area contributed by atoms with Crippen molar-refractivity contribution in [3.05, 3.63) is 118 Å². The zero-order valence-electron chi connectivity index (χ0n) is 25.2. The van der Waals surface area contributed by atoms with E-state index >= 15 is 0 Å². The Balaban J connectivity index is 1.82. The van der Waals surface area contributed by atoms with Crippen molar-refractivity contribution in [3.63, 3.8) is 0 Å². The van der Waals surface area contributed by atoms with Gasteiger partial charge in [0.2, 0.25) is 11.8 Å². The van der Waals surface area contributed by atoms with Crippen molar-refractivity contribution in [2.24, 2.45) is 0 Å². The van der Waals surface area contributed by atoms with E-state index in [1.807, 2.05) is 30.3 Å². The molecule has 0 spiro atoms. The zero-order valence-corrected chi connectivity index (χ0v) is 27.6. The molecular weight excluding hydrogens is 656 g/mol. The lowest BCUT2D eigenvalue weighted by atomic mass is 10.0. The van der Waals surface area contributed by atoms with Gasteiger partial charge in [-0.1, -0.05) is 59.6 Å². The summed E-state index contributed by atoms with van der Waals surface area (Å²) in [6, 6.07) is 21.6. The van der Waals surface area contributed by atoms with Gasteiger partial charge in [-0.2, -0.15) is 0 Å². The lowest BCUT2D eigenvalue weighted by Gasteiger charge is -2.33. The Hall–Kier alpha value is -4.32. The highest BCUT2D eigenvalue weighted by molar-refractivity contribution is 7.92. The average Bonchev–Trinajstić information content (AvgIpc) is 3.06. The number of anilines is 1. The molecule has 0 unspecified atom stereocenters. The van der Waals surface area contributed by atoms with Crippen LogP contribution in [0.4, 0.5) is 10.1 Å². The Morgan fingerprint density at radius 3 is 2.13 bits per heavy atom. The molecule has 0 bridgehead atoms. The number of rotatable bonds is 13. The number of ether oxygens (including phenoxy) is 2. The molecule has 0 radical (unpaired) electrons. The van der Waals surface area contributed by atoms with Gasteiger partial charge in [-0.3, -0.25) is 13.9 Å². The fourth-order valence-corrected chi connectivity index (χ4v) is 6.55. The summed E-state index contributed by atoms with van der Waals surface area (Å²) in [6.45, 7) is -0.833. The van der Waals surface area contributed by atoms with E-state index in [9.17, 15) is 22.4 Å². The molecule has 4 rings (SSSR count). The molecule has 0 saturated carbocycles. The summed E-state index contributed by atoms with van der Waals surface area (Å²) in [5, 5.41) is 3.17. The molecule has 0 saturated heterocycles. The smallest absolute Gasteiger partial charge is 0.264 e. The summed E-state index contributed by atoms with van der Waals surface area (Å²) in [5.74, 6) is -1.31. The number of amides is 2. The standard InChI is InChI=1S/C33H32Cl2FN3O6S/c1-37-33(41)29(18-22-7-5-4-6-8-22)38(20-23-9-15-27(34)28(35)17-23)32(40)21-39(25-12-10-24(36)11-13-25)46(42,43)26-14-16-30(44-2)31(19-26)45-3/h4-17,19,29H,18,20-21H2,1-3H3,(H,37,41)/t29-/m0/s1.